The van der Waals surface area contributed by atoms with Gasteiger partial charge in [0.2, 0.25) is 0 Å². The number of hydrogen-bond donors (Lipinski definition) is 0. The normalized spacial score (nSPS) is 14.1. The summed E-state index contributed by atoms with van der Waals surface area (Å²) in [5.74, 6) is -0.349. The third-order valence-corrected chi connectivity index (χ3v) is 5.52. The fourth-order valence-electron chi connectivity index (χ4n) is 4.20. The Morgan fingerprint density at radius 3 is 3.00 bits per heavy atom. The molecule has 1 aromatic carbocycles. The lowest BCUT2D eigenvalue weighted by Gasteiger charge is -2.28. The lowest BCUT2D eigenvalue weighted by atomic mass is 10.0. The van der Waals surface area contributed by atoms with E-state index in [0.29, 0.717) is 13.0 Å². The van der Waals surface area contributed by atoms with Crippen molar-refractivity contribution in [3.05, 3.63) is 65.4 Å². The van der Waals surface area contributed by atoms with E-state index in [1.807, 2.05) is 25.3 Å². The number of carbonyl (C=O) groups excluding carboxylic acids is 1. The summed E-state index contributed by atoms with van der Waals surface area (Å²) >= 11 is 0. The number of aromatic nitrogens is 2. The van der Waals surface area contributed by atoms with Crippen LogP contribution in [0.15, 0.2) is 42.7 Å². The van der Waals surface area contributed by atoms with Crippen LogP contribution in [0.4, 0.5) is 4.39 Å². The van der Waals surface area contributed by atoms with Crippen LogP contribution in [-0.2, 0) is 29.0 Å². The minimum absolute atomic E-state index is 0.139. The Balaban J connectivity index is 1.57. The van der Waals surface area contributed by atoms with Crippen molar-refractivity contribution in [2.24, 2.45) is 0 Å². The van der Waals surface area contributed by atoms with Crippen molar-refractivity contribution in [2.45, 2.75) is 39.3 Å². The van der Waals surface area contributed by atoms with Gasteiger partial charge in [-0.05, 0) is 55.3 Å². The van der Waals surface area contributed by atoms with Gasteiger partial charge in [0.05, 0.1) is 6.61 Å². The van der Waals surface area contributed by atoms with Crippen LogP contribution in [0.3, 0.4) is 0 Å². The van der Waals surface area contributed by atoms with Crippen molar-refractivity contribution in [1.29, 1.82) is 0 Å². The quantitative estimate of drug-likeness (QED) is 0.569. The smallest absolute Gasteiger partial charge is 0.305 e. The maximum absolute atomic E-state index is 14.0. The number of rotatable bonds is 7. The number of ether oxygens (including phenoxy) is 1. The molecule has 0 saturated carbocycles. The van der Waals surface area contributed by atoms with Crippen LogP contribution in [0.2, 0.25) is 0 Å². The Hall–Kier alpha value is -2.73. The molecule has 0 saturated heterocycles. The summed E-state index contributed by atoms with van der Waals surface area (Å²) < 4.78 is 21.3. The van der Waals surface area contributed by atoms with Gasteiger partial charge in [-0.1, -0.05) is 6.07 Å². The van der Waals surface area contributed by atoms with Crippen LogP contribution < -0.4 is 0 Å². The predicted molar refractivity (Wildman–Crippen MR) is 110 cm³/mol. The summed E-state index contributed by atoms with van der Waals surface area (Å²) in [6.45, 7) is 5.52. The molecule has 3 aromatic rings. The maximum Gasteiger partial charge on any atom is 0.305 e. The van der Waals surface area contributed by atoms with Crippen molar-refractivity contribution in [1.82, 2.24) is 14.5 Å². The number of carbonyl (C=O) groups is 1. The first-order chi connectivity index (χ1) is 14.2. The number of esters is 1. The lowest BCUT2D eigenvalue weighted by molar-refractivity contribution is -0.143. The number of benzene rings is 1. The van der Waals surface area contributed by atoms with Crippen molar-refractivity contribution < 1.29 is 13.9 Å². The Morgan fingerprint density at radius 2 is 2.21 bits per heavy atom. The number of pyridine rings is 1. The standard InChI is InChI=1S/C23H26FN3O2/c1-2-29-23(28)6-4-11-26-12-9-22-20(16-26)19-13-18(24)7-8-21(19)27(22)15-17-5-3-10-25-14-17/h3,5,7-8,10,13-14H,2,4,6,9,11-12,15-16H2,1H3. The largest absolute Gasteiger partial charge is 0.466 e. The molecule has 6 heteroatoms. The van der Waals surface area contributed by atoms with Crippen molar-refractivity contribution in [3.63, 3.8) is 0 Å². The molecule has 0 atom stereocenters. The first-order valence-corrected chi connectivity index (χ1v) is 10.2. The van der Waals surface area contributed by atoms with Gasteiger partial charge in [-0.15, -0.1) is 0 Å². The first kappa shape index (κ1) is 19.6. The van der Waals surface area contributed by atoms with Gasteiger partial charge in [0.15, 0.2) is 0 Å². The van der Waals surface area contributed by atoms with E-state index < -0.39 is 0 Å². The van der Waals surface area contributed by atoms with Crippen molar-refractivity contribution in [3.8, 4) is 0 Å². The van der Waals surface area contributed by atoms with Gasteiger partial charge in [0.1, 0.15) is 5.82 Å². The van der Waals surface area contributed by atoms with Gasteiger partial charge in [-0.2, -0.15) is 0 Å². The Bertz CT molecular complexity index is 1000. The van der Waals surface area contributed by atoms with Crippen molar-refractivity contribution in [2.75, 3.05) is 19.7 Å². The molecule has 1 aliphatic rings. The Kier molecular flexibility index (Phi) is 5.90. The highest BCUT2D eigenvalue weighted by atomic mass is 19.1. The maximum atomic E-state index is 14.0. The molecule has 0 bridgehead atoms. The van der Waals surface area contributed by atoms with Crippen LogP contribution in [0.5, 0.6) is 0 Å². The molecule has 29 heavy (non-hydrogen) atoms. The predicted octanol–water partition coefficient (Wildman–Crippen LogP) is 3.93. The number of fused-ring (bicyclic) bond motifs is 3. The minimum atomic E-state index is -0.210. The monoisotopic (exact) mass is 395 g/mol. The zero-order valence-electron chi connectivity index (χ0n) is 16.7. The summed E-state index contributed by atoms with van der Waals surface area (Å²) in [5, 5.41) is 0.985. The van der Waals surface area contributed by atoms with E-state index in [1.54, 1.807) is 12.3 Å². The fraction of sp³-hybridized carbons (Fsp3) is 0.391. The molecular formula is C23H26FN3O2. The minimum Gasteiger partial charge on any atom is -0.466 e. The number of hydrogen-bond acceptors (Lipinski definition) is 4. The molecule has 5 nitrogen and oxygen atoms in total. The summed E-state index contributed by atoms with van der Waals surface area (Å²) in [7, 11) is 0. The van der Waals surface area contributed by atoms with E-state index in [2.05, 4.69) is 20.5 Å². The van der Waals surface area contributed by atoms with Crippen LogP contribution in [0.1, 0.15) is 36.6 Å². The highest BCUT2D eigenvalue weighted by molar-refractivity contribution is 5.86. The molecule has 152 valence electrons. The van der Waals surface area contributed by atoms with E-state index in [9.17, 15) is 9.18 Å². The highest BCUT2D eigenvalue weighted by Gasteiger charge is 2.24. The molecule has 0 amide bonds. The molecule has 4 rings (SSSR count). The summed E-state index contributed by atoms with van der Waals surface area (Å²) in [6.07, 6.45) is 5.78. The van der Waals surface area contributed by atoms with Crippen LogP contribution in [0.25, 0.3) is 10.9 Å². The average Bonchev–Trinajstić information content (AvgIpc) is 3.01. The molecule has 3 heterocycles. The SMILES string of the molecule is CCOC(=O)CCCN1CCc2c(c3cc(F)ccc3n2Cc2cccnc2)C1. The van der Waals surface area contributed by atoms with Gasteiger partial charge in [0, 0.05) is 61.5 Å². The molecule has 0 aliphatic carbocycles. The lowest BCUT2D eigenvalue weighted by Crippen LogP contribution is -2.32. The molecule has 1 aliphatic heterocycles. The Labute approximate surface area is 170 Å². The fourth-order valence-corrected chi connectivity index (χ4v) is 4.20. The summed E-state index contributed by atoms with van der Waals surface area (Å²) in [5.41, 5.74) is 4.67. The van der Waals surface area contributed by atoms with Gasteiger partial charge >= 0.3 is 5.97 Å². The van der Waals surface area contributed by atoms with E-state index in [4.69, 9.17) is 4.74 Å². The molecule has 0 unspecified atom stereocenters. The van der Waals surface area contributed by atoms with E-state index in [0.717, 1.165) is 55.5 Å². The molecule has 0 spiro atoms. The van der Waals surface area contributed by atoms with Crippen LogP contribution in [-0.4, -0.2) is 40.1 Å². The first-order valence-electron chi connectivity index (χ1n) is 10.2. The number of nitrogens with zero attached hydrogens (tertiary/aromatic N) is 3. The van der Waals surface area contributed by atoms with E-state index >= 15 is 0 Å². The van der Waals surface area contributed by atoms with Crippen LogP contribution in [0, 0.1) is 5.82 Å². The third kappa shape index (κ3) is 4.32. The third-order valence-electron chi connectivity index (χ3n) is 5.52. The number of halogens is 1. The second kappa shape index (κ2) is 8.74. The molecule has 0 N–H and O–H groups in total. The van der Waals surface area contributed by atoms with Gasteiger partial charge < -0.3 is 9.30 Å². The van der Waals surface area contributed by atoms with Crippen LogP contribution >= 0.6 is 0 Å². The molecule has 0 fully saturated rings. The van der Waals surface area contributed by atoms with Crippen molar-refractivity contribution >= 4 is 16.9 Å². The van der Waals surface area contributed by atoms with Gasteiger partial charge in [-0.25, -0.2) is 4.39 Å². The Morgan fingerprint density at radius 1 is 1.31 bits per heavy atom. The molecule has 2 aromatic heterocycles. The molecular weight excluding hydrogens is 369 g/mol. The van der Waals surface area contributed by atoms with Gasteiger partial charge in [-0.3, -0.25) is 14.7 Å². The second-order valence-electron chi connectivity index (χ2n) is 7.47. The highest BCUT2D eigenvalue weighted by Crippen LogP contribution is 2.32. The zero-order valence-corrected chi connectivity index (χ0v) is 16.7. The summed E-state index contributed by atoms with van der Waals surface area (Å²) in [6, 6.07) is 9.07. The average molecular weight is 395 g/mol. The second-order valence-corrected chi connectivity index (χ2v) is 7.47. The zero-order chi connectivity index (χ0) is 20.2. The molecule has 0 radical (unpaired) electrons. The van der Waals surface area contributed by atoms with E-state index in [1.165, 1.54) is 17.3 Å². The summed E-state index contributed by atoms with van der Waals surface area (Å²) in [4.78, 5) is 18.2. The van der Waals surface area contributed by atoms with Gasteiger partial charge in [0.25, 0.3) is 0 Å². The topological polar surface area (TPSA) is 47.4 Å². The van der Waals surface area contributed by atoms with E-state index in [-0.39, 0.29) is 11.8 Å².